The molecular formula is C14H14N4O6. The molecule has 1 amide bonds. The van der Waals surface area contributed by atoms with Gasteiger partial charge in [-0.15, -0.1) is 0 Å². The lowest BCUT2D eigenvalue weighted by Crippen LogP contribution is -2.22. The number of benzene rings is 1. The number of nitrogens with zero attached hydrogens (tertiary/aromatic N) is 2. The van der Waals surface area contributed by atoms with E-state index in [1.807, 2.05) is 13.0 Å². The SMILES string of the molecule is COc1ccc(C)cc1NC(=O)COc1nc[nH]c(=O)c1[N+](=O)[O-]. The quantitative estimate of drug-likeness (QED) is 0.594. The van der Waals surface area contributed by atoms with E-state index < -0.39 is 34.6 Å². The average Bonchev–Trinajstić information content (AvgIpc) is 2.52. The highest BCUT2D eigenvalue weighted by Crippen LogP contribution is 2.25. The molecular weight excluding hydrogens is 320 g/mol. The Balaban J connectivity index is 2.10. The molecule has 0 radical (unpaired) electrons. The number of carbonyl (C=O) groups excluding carboxylic acids is 1. The molecule has 10 heteroatoms. The van der Waals surface area contributed by atoms with Crippen LogP contribution in [0.4, 0.5) is 11.4 Å². The molecule has 1 aromatic carbocycles. The van der Waals surface area contributed by atoms with Crippen LogP contribution in [0.3, 0.4) is 0 Å². The van der Waals surface area contributed by atoms with Crippen LogP contribution in [0.5, 0.6) is 11.6 Å². The minimum absolute atomic E-state index is 0.430. The van der Waals surface area contributed by atoms with Crippen LogP contribution in [0.2, 0.25) is 0 Å². The molecule has 0 bridgehead atoms. The smallest absolute Gasteiger partial charge is 0.395 e. The van der Waals surface area contributed by atoms with E-state index in [0.29, 0.717) is 11.4 Å². The van der Waals surface area contributed by atoms with Crippen molar-refractivity contribution in [1.82, 2.24) is 9.97 Å². The lowest BCUT2D eigenvalue weighted by Gasteiger charge is -2.11. The number of hydrogen-bond acceptors (Lipinski definition) is 7. The number of aryl methyl sites for hydroxylation is 1. The monoisotopic (exact) mass is 334 g/mol. The Hall–Kier alpha value is -3.43. The van der Waals surface area contributed by atoms with Crippen LogP contribution in [-0.2, 0) is 4.79 Å². The normalized spacial score (nSPS) is 10.1. The van der Waals surface area contributed by atoms with Crippen LogP contribution in [0.25, 0.3) is 0 Å². The summed E-state index contributed by atoms with van der Waals surface area (Å²) >= 11 is 0. The number of H-pyrrole nitrogens is 1. The zero-order valence-electron chi connectivity index (χ0n) is 12.9. The molecule has 0 fully saturated rings. The molecule has 0 aliphatic rings. The number of amides is 1. The van der Waals surface area contributed by atoms with E-state index in [-0.39, 0.29) is 0 Å². The van der Waals surface area contributed by atoms with Gasteiger partial charge in [0.25, 0.3) is 5.91 Å². The molecule has 10 nitrogen and oxygen atoms in total. The van der Waals surface area contributed by atoms with E-state index in [0.717, 1.165) is 11.9 Å². The third-order valence-corrected chi connectivity index (χ3v) is 2.95. The molecule has 1 aromatic heterocycles. The molecule has 0 unspecified atom stereocenters. The number of anilines is 1. The van der Waals surface area contributed by atoms with Gasteiger partial charge in [-0.1, -0.05) is 6.07 Å². The number of methoxy groups -OCH3 is 1. The Morgan fingerprint density at radius 3 is 2.88 bits per heavy atom. The van der Waals surface area contributed by atoms with Crippen molar-refractivity contribution < 1.29 is 19.2 Å². The van der Waals surface area contributed by atoms with Crippen molar-refractivity contribution in [2.75, 3.05) is 19.0 Å². The molecule has 2 rings (SSSR count). The van der Waals surface area contributed by atoms with Gasteiger partial charge < -0.3 is 19.8 Å². The summed E-state index contributed by atoms with van der Waals surface area (Å²) in [6, 6.07) is 5.20. The molecule has 0 spiro atoms. The van der Waals surface area contributed by atoms with E-state index in [2.05, 4.69) is 15.3 Å². The highest BCUT2D eigenvalue weighted by Gasteiger charge is 2.23. The summed E-state index contributed by atoms with van der Waals surface area (Å²) in [6.07, 6.45) is 0.951. The fourth-order valence-electron chi connectivity index (χ4n) is 1.88. The van der Waals surface area contributed by atoms with Gasteiger partial charge in [-0.2, -0.15) is 4.98 Å². The first kappa shape index (κ1) is 16.9. The standard InChI is InChI=1S/C14H14N4O6/c1-8-3-4-10(23-2)9(5-8)17-11(19)6-24-14-12(18(21)22)13(20)15-7-16-14/h3-5,7H,6H2,1-2H3,(H,17,19)(H,15,16,20). The lowest BCUT2D eigenvalue weighted by atomic mass is 10.2. The van der Waals surface area contributed by atoms with Crippen molar-refractivity contribution in [3.05, 3.63) is 50.6 Å². The van der Waals surface area contributed by atoms with Crippen molar-refractivity contribution >= 4 is 17.3 Å². The lowest BCUT2D eigenvalue weighted by molar-refractivity contribution is -0.387. The van der Waals surface area contributed by atoms with Gasteiger partial charge in [0.05, 0.1) is 24.0 Å². The van der Waals surface area contributed by atoms with Crippen LogP contribution >= 0.6 is 0 Å². The Morgan fingerprint density at radius 2 is 2.21 bits per heavy atom. The maximum Gasteiger partial charge on any atom is 0.395 e. The summed E-state index contributed by atoms with van der Waals surface area (Å²) in [5.74, 6) is -0.667. The molecule has 0 atom stereocenters. The minimum atomic E-state index is -0.967. The Bertz CT molecular complexity index is 832. The first-order valence-corrected chi connectivity index (χ1v) is 6.71. The van der Waals surface area contributed by atoms with Gasteiger partial charge in [0, 0.05) is 0 Å². The summed E-state index contributed by atoms with van der Waals surface area (Å²) < 4.78 is 10.1. The topological polar surface area (TPSA) is 136 Å². The summed E-state index contributed by atoms with van der Waals surface area (Å²) in [5.41, 5.74) is -0.498. The van der Waals surface area contributed by atoms with Crippen molar-refractivity contribution in [2.45, 2.75) is 6.92 Å². The number of hydrogen-bond donors (Lipinski definition) is 2. The molecule has 0 saturated carbocycles. The number of nitro groups is 1. The van der Waals surface area contributed by atoms with Crippen LogP contribution in [0.1, 0.15) is 5.56 Å². The second-order valence-corrected chi connectivity index (χ2v) is 4.68. The molecule has 24 heavy (non-hydrogen) atoms. The summed E-state index contributed by atoms with van der Waals surface area (Å²) in [6.45, 7) is 1.28. The first-order chi connectivity index (χ1) is 11.4. The fourth-order valence-corrected chi connectivity index (χ4v) is 1.88. The minimum Gasteiger partial charge on any atom is -0.495 e. The van der Waals surface area contributed by atoms with Crippen LogP contribution in [-0.4, -0.2) is 34.5 Å². The van der Waals surface area contributed by atoms with Crippen molar-refractivity contribution in [2.24, 2.45) is 0 Å². The largest absolute Gasteiger partial charge is 0.495 e. The van der Waals surface area contributed by atoms with Gasteiger partial charge in [0.15, 0.2) is 6.61 Å². The maximum absolute atomic E-state index is 12.0. The predicted molar refractivity (Wildman–Crippen MR) is 83.4 cm³/mol. The van der Waals surface area contributed by atoms with E-state index in [1.165, 1.54) is 7.11 Å². The zero-order valence-corrected chi connectivity index (χ0v) is 12.9. The summed E-state index contributed by atoms with van der Waals surface area (Å²) in [4.78, 5) is 38.9. The van der Waals surface area contributed by atoms with Gasteiger partial charge in [0.2, 0.25) is 0 Å². The number of carbonyl (C=O) groups is 1. The third kappa shape index (κ3) is 3.85. The van der Waals surface area contributed by atoms with Crippen molar-refractivity contribution in [3.8, 4) is 11.6 Å². The number of rotatable bonds is 6. The van der Waals surface area contributed by atoms with E-state index >= 15 is 0 Å². The van der Waals surface area contributed by atoms with Crippen LogP contribution in [0, 0.1) is 17.0 Å². The van der Waals surface area contributed by atoms with Crippen LogP contribution < -0.4 is 20.3 Å². The van der Waals surface area contributed by atoms with Crippen molar-refractivity contribution in [1.29, 1.82) is 0 Å². The summed E-state index contributed by atoms with van der Waals surface area (Å²) in [7, 11) is 1.46. The number of nitrogens with one attached hydrogen (secondary N) is 2. The molecule has 2 N–H and O–H groups in total. The Morgan fingerprint density at radius 1 is 1.46 bits per heavy atom. The second-order valence-electron chi connectivity index (χ2n) is 4.68. The van der Waals surface area contributed by atoms with E-state index in [4.69, 9.17) is 9.47 Å². The Kier molecular flexibility index (Phi) is 5.09. The number of aromatic nitrogens is 2. The zero-order chi connectivity index (χ0) is 17.7. The van der Waals surface area contributed by atoms with Gasteiger partial charge in [0.1, 0.15) is 5.75 Å². The van der Waals surface area contributed by atoms with Gasteiger partial charge in [-0.05, 0) is 24.6 Å². The first-order valence-electron chi connectivity index (χ1n) is 6.71. The second kappa shape index (κ2) is 7.22. The molecule has 1 heterocycles. The van der Waals surface area contributed by atoms with Crippen LogP contribution in [0.15, 0.2) is 29.3 Å². The molecule has 126 valence electrons. The van der Waals surface area contributed by atoms with Gasteiger partial charge in [-0.3, -0.25) is 19.7 Å². The molecule has 0 aliphatic heterocycles. The van der Waals surface area contributed by atoms with Crippen molar-refractivity contribution in [3.63, 3.8) is 0 Å². The number of aromatic amines is 1. The van der Waals surface area contributed by atoms with Gasteiger partial charge in [-0.25, -0.2) is 0 Å². The summed E-state index contributed by atoms with van der Waals surface area (Å²) in [5, 5.41) is 13.4. The Labute approximate surface area is 135 Å². The van der Waals surface area contributed by atoms with E-state index in [9.17, 15) is 19.7 Å². The van der Waals surface area contributed by atoms with E-state index in [1.54, 1.807) is 12.1 Å². The highest BCUT2D eigenvalue weighted by atomic mass is 16.6. The molecule has 0 saturated heterocycles. The fraction of sp³-hybridized carbons (Fsp3) is 0.214. The molecule has 0 aliphatic carbocycles. The third-order valence-electron chi connectivity index (χ3n) is 2.95. The number of ether oxygens (including phenoxy) is 2. The highest BCUT2D eigenvalue weighted by molar-refractivity contribution is 5.93. The predicted octanol–water partition coefficient (Wildman–Crippen LogP) is 1.01. The average molecular weight is 334 g/mol. The maximum atomic E-state index is 12.0. The molecule has 2 aromatic rings. The van der Waals surface area contributed by atoms with Gasteiger partial charge >= 0.3 is 17.1 Å².